The molecule has 0 bridgehead atoms. The summed E-state index contributed by atoms with van der Waals surface area (Å²) in [5.74, 6) is 0.220. The van der Waals surface area contributed by atoms with Gasteiger partial charge in [0.25, 0.3) is 0 Å². The van der Waals surface area contributed by atoms with Gasteiger partial charge >= 0.3 is 0 Å². The first kappa shape index (κ1) is 14.8. The van der Waals surface area contributed by atoms with Gasteiger partial charge in [-0.25, -0.2) is 0 Å². The standard InChI is InChI=1S/C14H20N2O.ClH/c1-14(2)8-3-9-16(14)13(17)10-11-4-6-12(15)7-5-11;/h4-7H,3,8-10,15H2,1-2H3;1H. The second kappa shape index (κ2) is 5.61. The predicted octanol–water partition coefficient (Wildman–Crippen LogP) is 2.63. The maximum Gasteiger partial charge on any atom is 0.227 e. The van der Waals surface area contributed by atoms with Gasteiger partial charge in [0.15, 0.2) is 0 Å². The van der Waals surface area contributed by atoms with Crippen molar-refractivity contribution in [3.63, 3.8) is 0 Å². The molecule has 100 valence electrons. The molecule has 0 atom stereocenters. The van der Waals surface area contributed by atoms with Crippen molar-refractivity contribution in [3.8, 4) is 0 Å². The third-order valence-corrected chi connectivity index (χ3v) is 3.54. The predicted molar refractivity (Wildman–Crippen MR) is 76.8 cm³/mol. The van der Waals surface area contributed by atoms with Crippen LogP contribution in [0.15, 0.2) is 24.3 Å². The number of nitrogens with zero attached hydrogens (tertiary/aromatic N) is 1. The van der Waals surface area contributed by atoms with Crippen LogP contribution in [0, 0.1) is 0 Å². The maximum absolute atomic E-state index is 12.2. The molecule has 0 radical (unpaired) electrons. The zero-order valence-electron chi connectivity index (χ0n) is 11.0. The van der Waals surface area contributed by atoms with Crippen LogP contribution in [0.2, 0.25) is 0 Å². The molecule has 0 saturated carbocycles. The van der Waals surface area contributed by atoms with Gasteiger partial charge in [0, 0.05) is 17.8 Å². The number of nitrogens with two attached hydrogens (primary N) is 1. The van der Waals surface area contributed by atoms with Gasteiger partial charge in [-0.2, -0.15) is 0 Å². The fraction of sp³-hybridized carbons (Fsp3) is 0.500. The Morgan fingerprint density at radius 3 is 2.44 bits per heavy atom. The van der Waals surface area contributed by atoms with E-state index in [1.165, 1.54) is 0 Å². The SMILES string of the molecule is CC1(C)CCCN1C(=O)Cc1ccc(N)cc1.Cl. The molecule has 1 aliphatic rings. The fourth-order valence-electron chi connectivity index (χ4n) is 2.48. The number of nitrogen functional groups attached to an aromatic ring is 1. The minimum atomic E-state index is 0. The number of benzene rings is 1. The molecule has 1 fully saturated rings. The maximum atomic E-state index is 12.2. The highest BCUT2D eigenvalue weighted by Crippen LogP contribution is 2.28. The highest BCUT2D eigenvalue weighted by molar-refractivity contribution is 5.85. The summed E-state index contributed by atoms with van der Waals surface area (Å²) in [6.07, 6.45) is 2.69. The van der Waals surface area contributed by atoms with Crippen molar-refractivity contribution in [2.24, 2.45) is 0 Å². The van der Waals surface area contributed by atoms with Crippen LogP contribution in [0.1, 0.15) is 32.3 Å². The number of carbonyl (C=O) groups is 1. The molecule has 0 spiro atoms. The van der Waals surface area contributed by atoms with Crippen LogP contribution in [0.5, 0.6) is 0 Å². The minimum absolute atomic E-state index is 0. The van der Waals surface area contributed by atoms with E-state index in [-0.39, 0.29) is 23.9 Å². The van der Waals surface area contributed by atoms with Gasteiger partial charge in [0.2, 0.25) is 5.91 Å². The molecule has 0 aliphatic carbocycles. The third-order valence-electron chi connectivity index (χ3n) is 3.54. The summed E-state index contributed by atoms with van der Waals surface area (Å²) >= 11 is 0. The summed E-state index contributed by atoms with van der Waals surface area (Å²) in [5, 5.41) is 0. The molecular weight excluding hydrogens is 248 g/mol. The van der Waals surface area contributed by atoms with E-state index in [0.717, 1.165) is 30.6 Å². The summed E-state index contributed by atoms with van der Waals surface area (Å²) in [5.41, 5.74) is 7.42. The first-order valence-electron chi connectivity index (χ1n) is 6.14. The second-order valence-corrected chi connectivity index (χ2v) is 5.38. The molecule has 4 heteroatoms. The van der Waals surface area contributed by atoms with E-state index in [2.05, 4.69) is 13.8 Å². The van der Waals surface area contributed by atoms with E-state index in [0.29, 0.717) is 6.42 Å². The van der Waals surface area contributed by atoms with Crippen LogP contribution < -0.4 is 5.73 Å². The highest BCUT2D eigenvalue weighted by atomic mass is 35.5. The van der Waals surface area contributed by atoms with Gasteiger partial charge in [-0.05, 0) is 44.4 Å². The van der Waals surface area contributed by atoms with Gasteiger partial charge in [-0.1, -0.05) is 12.1 Å². The second-order valence-electron chi connectivity index (χ2n) is 5.38. The Kier molecular flexibility index (Phi) is 4.63. The zero-order chi connectivity index (χ0) is 12.5. The van der Waals surface area contributed by atoms with Crippen molar-refractivity contribution in [2.75, 3.05) is 12.3 Å². The highest BCUT2D eigenvalue weighted by Gasteiger charge is 2.34. The van der Waals surface area contributed by atoms with E-state index in [4.69, 9.17) is 5.73 Å². The molecule has 1 aromatic carbocycles. The van der Waals surface area contributed by atoms with Crippen LogP contribution in [-0.4, -0.2) is 22.9 Å². The van der Waals surface area contributed by atoms with Gasteiger partial charge in [0.05, 0.1) is 6.42 Å². The van der Waals surface area contributed by atoms with E-state index in [1.54, 1.807) is 0 Å². The Morgan fingerprint density at radius 1 is 1.33 bits per heavy atom. The molecule has 0 unspecified atom stereocenters. The van der Waals surface area contributed by atoms with Gasteiger partial charge in [0.1, 0.15) is 0 Å². The lowest BCUT2D eigenvalue weighted by Gasteiger charge is -2.31. The van der Waals surface area contributed by atoms with Crippen molar-refractivity contribution in [1.29, 1.82) is 0 Å². The van der Waals surface area contributed by atoms with E-state index >= 15 is 0 Å². The summed E-state index contributed by atoms with van der Waals surface area (Å²) < 4.78 is 0. The van der Waals surface area contributed by atoms with Crippen LogP contribution in [0.25, 0.3) is 0 Å². The lowest BCUT2D eigenvalue weighted by molar-refractivity contribution is -0.133. The van der Waals surface area contributed by atoms with Crippen molar-refractivity contribution in [3.05, 3.63) is 29.8 Å². The molecule has 1 saturated heterocycles. The van der Waals surface area contributed by atoms with Crippen molar-refractivity contribution in [1.82, 2.24) is 4.90 Å². The van der Waals surface area contributed by atoms with Crippen molar-refractivity contribution >= 4 is 24.0 Å². The van der Waals surface area contributed by atoms with Gasteiger partial charge < -0.3 is 10.6 Å². The first-order chi connectivity index (χ1) is 7.99. The molecule has 1 amide bonds. The summed E-state index contributed by atoms with van der Waals surface area (Å²) in [6.45, 7) is 5.17. The van der Waals surface area contributed by atoms with E-state index in [1.807, 2.05) is 29.2 Å². The molecule has 0 aromatic heterocycles. The number of anilines is 1. The molecule has 1 aromatic rings. The van der Waals surface area contributed by atoms with E-state index < -0.39 is 0 Å². The molecule has 2 rings (SSSR count). The quantitative estimate of drug-likeness (QED) is 0.838. The Morgan fingerprint density at radius 2 is 1.94 bits per heavy atom. The third kappa shape index (κ3) is 3.16. The van der Waals surface area contributed by atoms with Crippen LogP contribution in [-0.2, 0) is 11.2 Å². The number of rotatable bonds is 2. The molecule has 18 heavy (non-hydrogen) atoms. The fourth-order valence-corrected chi connectivity index (χ4v) is 2.48. The van der Waals surface area contributed by atoms with Crippen molar-refractivity contribution in [2.45, 2.75) is 38.6 Å². The van der Waals surface area contributed by atoms with E-state index in [9.17, 15) is 4.79 Å². The molecule has 1 aliphatic heterocycles. The minimum Gasteiger partial charge on any atom is -0.399 e. The van der Waals surface area contributed by atoms with Crippen molar-refractivity contribution < 1.29 is 4.79 Å². The molecule has 2 N–H and O–H groups in total. The van der Waals surface area contributed by atoms with Gasteiger partial charge in [-0.15, -0.1) is 12.4 Å². The number of amides is 1. The summed E-state index contributed by atoms with van der Waals surface area (Å²) in [7, 11) is 0. The molecular formula is C14H21ClN2O. The lowest BCUT2D eigenvalue weighted by atomic mass is 10.0. The van der Waals surface area contributed by atoms with Crippen LogP contribution in [0.3, 0.4) is 0 Å². The average molecular weight is 269 g/mol. The van der Waals surface area contributed by atoms with Crippen LogP contribution in [0.4, 0.5) is 5.69 Å². The monoisotopic (exact) mass is 268 g/mol. The normalized spacial score (nSPS) is 17.3. The molecule has 3 nitrogen and oxygen atoms in total. The zero-order valence-corrected chi connectivity index (χ0v) is 11.8. The van der Waals surface area contributed by atoms with Crippen LogP contribution >= 0.6 is 12.4 Å². The summed E-state index contributed by atoms with van der Waals surface area (Å²) in [4.78, 5) is 14.2. The Balaban J connectivity index is 0.00000162. The number of hydrogen-bond acceptors (Lipinski definition) is 2. The Hall–Kier alpha value is -1.22. The molecule has 1 heterocycles. The number of halogens is 1. The lowest BCUT2D eigenvalue weighted by Crippen LogP contribution is -2.43. The number of carbonyl (C=O) groups excluding carboxylic acids is 1. The largest absolute Gasteiger partial charge is 0.399 e. The Bertz CT molecular complexity index is 414. The first-order valence-corrected chi connectivity index (χ1v) is 6.14. The average Bonchev–Trinajstić information content (AvgIpc) is 2.61. The number of hydrogen-bond donors (Lipinski definition) is 1. The topological polar surface area (TPSA) is 46.3 Å². The summed E-state index contributed by atoms with van der Waals surface area (Å²) in [6, 6.07) is 7.54. The Labute approximate surface area is 115 Å². The number of likely N-dealkylation sites (tertiary alicyclic amines) is 1. The smallest absolute Gasteiger partial charge is 0.227 e. The van der Waals surface area contributed by atoms with Gasteiger partial charge in [-0.3, -0.25) is 4.79 Å².